The third kappa shape index (κ3) is 5.57. The van der Waals surface area contributed by atoms with Gasteiger partial charge in [-0.1, -0.05) is 218 Å². The van der Waals surface area contributed by atoms with Crippen LogP contribution in [0.2, 0.25) is 0 Å². The Kier molecular flexibility index (Phi) is 8.23. The van der Waals surface area contributed by atoms with Crippen LogP contribution in [0, 0.1) is 0 Å². The summed E-state index contributed by atoms with van der Waals surface area (Å²) in [6.45, 7) is 0. The van der Waals surface area contributed by atoms with E-state index in [0.29, 0.717) is 5.82 Å². The van der Waals surface area contributed by atoms with E-state index in [1.54, 1.807) is 0 Å². The molecule has 0 bridgehead atoms. The minimum absolute atomic E-state index is 0.442. The number of hydrogen-bond donors (Lipinski definition) is 0. The smallest absolute Gasteiger partial charge is 0.160 e. The summed E-state index contributed by atoms with van der Waals surface area (Å²) in [6, 6.07) is 88.7. The van der Waals surface area contributed by atoms with E-state index < -0.39 is 5.41 Å². The molecule has 1 spiro atoms. The fraction of sp³-hybridized carbons (Fsp3) is 0.0154. The Morgan fingerprint density at radius 1 is 0.254 bits per heavy atom. The second-order valence-corrected chi connectivity index (χ2v) is 18.0. The summed E-state index contributed by atoms with van der Waals surface area (Å²) in [5.74, 6) is 0.700. The zero-order valence-corrected chi connectivity index (χ0v) is 36.5. The number of rotatable bonds is 5. The molecule has 2 heteroatoms. The maximum Gasteiger partial charge on any atom is 0.160 e. The van der Waals surface area contributed by atoms with E-state index >= 15 is 0 Å². The molecule has 2 aliphatic carbocycles. The molecule has 1 heterocycles. The Hall–Kier alpha value is -8.72. The average molecular weight is 849 g/mol. The molecule has 0 saturated heterocycles. The van der Waals surface area contributed by atoms with Gasteiger partial charge in [-0.25, -0.2) is 9.97 Å². The predicted molar refractivity (Wildman–Crippen MR) is 278 cm³/mol. The van der Waals surface area contributed by atoms with Crippen molar-refractivity contribution in [1.29, 1.82) is 0 Å². The van der Waals surface area contributed by atoms with Crippen LogP contribution < -0.4 is 0 Å². The van der Waals surface area contributed by atoms with E-state index in [1.165, 1.54) is 88.0 Å². The van der Waals surface area contributed by atoms with Crippen molar-refractivity contribution in [2.45, 2.75) is 5.41 Å². The first-order valence-electron chi connectivity index (χ1n) is 23.1. The van der Waals surface area contributed by atoms with Crippen LogP contribution in [0.15, 0.2) is 243 Å². The highest BCUT2D eigenvalue weighted by molar-refractivity contribution is 6.20. The SMILES string of the molecule is c1ccc(-c2nc(-c3cccc(-c4cccc(-c5c6ccccc6cc6c5ccc5ccccc56)c4)c3)cc(-c3cccc4c3-c3ccccc3C43c4ccccc4-c4ccccc43)n2)cc1. The van der Waals surface area contributed by atoms with Crippen LogP contribution in [-0.4, -0.2) is 9.97 Å². The Morgan fingerprint density at radius 2 is 0.776 bits per heavy atom. The molecule has 1 aromatic heterocycles. The molecule has 0 amide bonds. The normalized spacial score (nSPS) is 12.9. The Labute approximate surface area is 389 Å². The van der Waals surface area contributed by atoms with Crippen molar-refractivity contribution in [3.8, 4) is 78.4 Å². The number of fused-ring (bicyclic) bond motifs is 14. The Bertz CT molecular complexity index is 3950. The molecule has 0 aliphatic heterocycles. The summed E-state index contributed by atoms with van der Waals surface area (Å²) in [4.78, 5) is 10.8. The molecule has 0 fully saturated rings. The molecule has 67 heavy (non-hydrogen) atoms. The molecule has 14 rings (SSSR count). The fourth-order valence-corrected chi connectivity index (χ4v) is 11.7. The molecule has 0 unspecified atom stereocenters. The maximum atomic E-state index is 5.44. The zero-order chi connectivity index (χ0) is 44.1. The van der Waals surface area contributed by atoms with Gasteiger partial charge in [0, 0.05) is 16.7 Å². The molecule has 11 aromatic carbocycles. The van der Waals surface area contributed by atoms with Gasteiger partial charge in [-0.3, -0.25) is 0 Å². The first-order chi connectivity index (χ1) is 33.2. The largest absolute Gasteiger partial charge is 0.228 e. The molecule has 0 saturated carbocycles. The lowest BCUT2D eigenvalue weighted by molar-refractivity contribution is 0.794. The van der Waals surface area contributed by atoms with Crippen molar-refractivity contribution in [1.82, 2.24) is 9.97 Å². The first-order valence-corrected chi connectivity index (χ1v) is 23.1. The lowest BCUT2D eigenvalue weighted by atomic mass is 9.70. The quantitative estimate of drug-likeness (QED) is 0.127. The highest BCUT2D eigenvalue weighted by Crippen LogP contribution is 2.64. The zero-order valence-electron chi connectivity index (χ0n) is 36.5. The van der Waals surface area contributed by atoms with Crippen molar-refractivity contribution in [2.24, 2.45) is 0 Å². The van der Waals surface area contributed by atoms with E-state index in [4.69, 9.17) is 9.97 Å². The standard InChI is InChI=1S/C65H40N2/c1-2-18-42(19-3-1)64-66-60(40-61(67-64)54-30-16-34-59-63(54)53-29-10-13-33-58(53)65(59)56-31-11-8-27-50(56)51-28-9-12-32-57(51)65)46-23-14-21-43(37-46)44-22-15-24-47(38-44)62-49-26-7-5-20-45(49)39-55-48-25-6-4-17-41(48)35-36-52(55)62/h1-40H. The molecule has 2 aliphatic rings. The summed E-state index contributed by atoms with van der Waals surface area (Å²) < 4.78 is 0. The number of hydrogen-bond acceptors (Lipinski definition) is 2. The van der Waals surface area contributed by atoms with Crippen molar-refractivity contribution in [3.63, 3.8) is 0 Å². The van der Waals surface area contributed by atoms with Gasteiger partial charge in [0.1, 0.15) is 0 Å². The van der Waals surface area contributed by atoms with Gasteiger partial charge in [0.25, 0.3) is 0 Å². The van der Waals surface area contributed by atoms with Gasteiger partial charge in [0.15, 0.2) is 5.82 Å². The number of nitrogens with zero attached hydrogens (tertiary/aromatic N) is 2. The van der Waals surface area contributed by atoms with Crippen LogP contribution in [0.1, 0.15) is 22.3 Å². The first kappa shape index (κ1) is 37.6. The van der Waals surface area contributed by atoms with Crippen LogP contribution in [0.4, 0.5) is 0 Å². The molecule has 2 nitrogen and oxygen atoms in total. The van der Waals surface area contributed by atoms with E-state index in [-0.39, 0.29) is 0 Å². The monoisotopic (exact) mass is 848 g/mol. The average Bonchev–Trinajstić information content (AvgIpc) is 3.88. The van der Waals surface area contributed by atoms with Gasteiger partial charge >= 0.3 is 0 Å². The van der Waals surface area contributed by atoms with Crippen molar-refractivity contribution in [2.75, 3.05) is 0 Å². The summed E-state index contributed by atoms with van der Waals surface area (Å²) >= 11 is 0. The van der Waals surface area contributed by atoms with Crippen molar-refractivity contribution >= 4 is 32.3 Å². The third-order valence-corrected chi connectivity index (χ3v) is 14.5. The van der Waals surface area contributed by atoms with Crippen molar-refractivity contribution < 1.29 is 0 Å². The van der Waals surface area contributed by atoms with Gasteiger partial charge in [0.05, 0.1) is 16.8 Å². The second-order valence-electron chi connectivity index (χ2n) is 18.0. The van der Waals surface area contributed by atoms with Gasteiger partial charge in [0.2, 0.25) is 0 Å². The van der Waals surface area contributed by atoms with E-state index in [2.05, 4.69) is 237 Å². The molecule has 0 radical (unpaired) electrons. The summed E-state index contributed by atoms with van der Waals surface area (Å²) in [5.41, 5.74) is 19.5. The summed E-state index contributed by atoms with van der Waals surface area (Å²) in [6.07, 6.45) is 0. The number of aromatic nitrogens is 2. The lowest BCUT2D eigenvalue weighted by Gasteiger charge is -2.30. The highest BCUT2D eigenvalue weighted by Gasteiger charge is 2.52. The Morgan fingerprint density at radius 3 is 1.54 bits per heavy atom. The van der Waals surface area contributed by atoms with Gasteiger partial charge in [-0.2, -0.15) is 0 Å². The van der Waals surface area contributed by atoms with E-state index in [0.717, 1.165) is 39.2 Å². The highest BCUT2D eigenvalue weighted by atomic mass is 14.9. The van der Waals surface area contributed by atoms with Crippen LogP contribution >= 0.6 is 0 Å². The van der Waals surface area contributed by atoms with Gasteiger partial charge < -0.3 is 0 Å². The minimum Gasteiger partial charge on any atom is -0.228 e. The molecule has 0 atom stereocenters. The second kappa shape index (κ2) is 14.7. The number of benzene rings is 11. The molecule has 0 N–H and O–H groups in total. The van der Waals surface area contributed by atoms with E-state index in [9.17, 15) is 0 Å². The topological polar surface area (TPSA) is 25.8 Å². The summed E-state index contributed by atoms with van der Waals surface area (Å²) in [7, 11) is 0. The predicted octanol–water partition coefficient (Wildman–Crippen LogP) is 16.6. The molecule has 12 aromatic rings. The van der Waals surface area contributed by atoms with Crippen LogP contribution in [0.5, 0.6) is 0 Å². The molecule has 310 valence electrons. The van der Waals surface area contributed by atoms with Gasteiger partial charge in [-0.05, 0) is 123 Å². The fourth-order valence-electron chi connectivity index (χ4n) is 11.7. The van der Waals surface area contributed by atoms with Crippen LogP contribution in [0.25, 0.3) is 111 Å². The van der Waals surface area contributed by atoms with Gasteiger partial charge in [-0.15, -0.1) is 0 Å². The molecular weight excluding hydrogens is 809 g/mol. The lowest BCUT2D eigenvalue weighted by Crippen LogP contribution is -2.25. The maximum absolute atomic E-state index is 5.44. The Balaban J connectivity index is 0.941. The molecular formula is C65H40N2. The summed E-state index contributed by atoms with van der Waals surface area (Å²) in [5, 5.41) is 7.54. The van der Waals surface area contributed by atoms with E-state index in [1.807, 2.05) is 6.07 Å². The van der Waals surface area contributed by atoms with Crippen LogP contribution in [0.3, 0.4) is 0 Å². The third-order valence-electron chi connectivity index (χ3n) is 14.5. The van der Waals surface area contributed by atoms with Crippen LogP contribution in [-0.2, 0) is 5.41 Å². The minimum atomic E-state index is -0.442. The van der Waals surface area contributed by atoms with Crippen molar-refractivity contribution in [3.05, 3.63) is 265 Å².